The van der Waals surface area contributed by atoms with Crippen molar-refractivity contribution >= 4 is 21.9 Å². The Morgan fingerprint density at radius 2 is 2.27 bits per heavy atom. The standard InChI is InChI=1S/C10H11BrFNO2/c11-7-3-1-2-6(10(7)12)8(13)4-5-9(14)15/h1-3,8H,4-5,13H2,(H,14,15). The van der Waals surface area contributed by atoms with Gasteiger partial charge in [0.2, 0.25) is 0 Å². The molecule has 82 valence electrons. The quantitative estimate of drug-likeness (QED) is 0.887. The molecule has 3 nitrogen and oxygen atoms in total. The summed E-state index contributed by atoms with van der Waals surface area (Å²) in [5, 5.41) is 8.47. The van der Waals surface area contributed by atoms with Crippen LogP contribution in [0.5, 0.6) is 0 Å². The number of rotatable bonds is 4. The Labute approximate surface area is 95.2 Å². The van der Waals surface area contributed by atoms with E-state index in [0.29, 0.717) is 10.0 Å². The maximum absolute atomic E-state index is 13.5. The number of aliphatic carboxylic acids is 1. The lowest BCUT2D eigenvalue weighted by atomic mass is 10.0. The van der Waals surface area contributed by atoms with E-state index in [1.165, 1.54) is 0 Å². The smallest absolute Gasteiger partial charge is 0.303 e. The predicted octanol–water partition coefficient (Wildman–Crippen LogP) is 2.45. The maximum atomic E-state index is 13.5. The number of hydrogen-bond acceptors (Lipinski definition) is 2. The number of benzene rings is 1. The van der Waals surface area contributed by atoms with Gasteiger partial charge in [-0.15, -0.1) is 0 Å². The first-order valence-corrected chi connectivity index (χ1v) is 5.23. The summed E-state index contributed by atoms with van der Waals surface area (Å²) >= 11 is 3.05. The average Bonchev–Trinajstić information content (AvgIpc) is 2.18. The Morgan fingerprint density at radius 1 is 1.60 bits per heavy atom. The normalized spacial score (nSPS) is 12.5. The third-order valence-electron chi connectivity index (χ3n) is 2.05. The molecule has 0 saturated carbocycles. The molecule has 1 atom stereocenters. The van der Waals surface area contributed by atoms with Crippen LogP contribution in [0.2, 0.25) is 0 Å². The van der Waals surface area contributed by atoms with Crippen molar-refractivity contribution in [3.63, 3.8) is 0 Å². The largest absolute Gasteiger partial charge is 0.481 e. The van der Waals surface area contributed by atoms with Gasteiger partial charge in [0.15, 0.2) is 0 Å². The van der Waals surface area contributed by atoms with Crippen molar-refractivity contribution < 1.29 is 14.3 Å². The van der Waals surface area contributed by atoms with Crippen LogP contribution in [0, 0.1) is 5.82 Å². The Morgan fingerprint density at radius 3 is 2.87 bits per heavy atom. The molecule has 0 aliphatic carbocycles. The highest BCUT2D eigenvalue weighted by atomic mass is 79.9. The molecule has 0 amide bonds. The SMILES string of the molecule is NC(CCC(=O)O)c1cccc(Br)c1F. The van der Waals surface area contributed by atoms with Gasteiger partial charge in [0.25, 0.3) is 0 Å². The van der Waals surface area contributed by atoms with Crippen molar-refractivity contribution in [1.82, 2.24) is 0 Å². The lowest BCUT2D eigenvalue weighted by Crippen LogP contribution is -2.14. The van der Waals surface area contributed by atoms with Crippen molar-refractivity contribution in [2.45, 2.75) is 18.9 Å². The Kier molecular flexibility index (Phi) is 4.23. The van der Waals surface area contributed by atoms with Gasteiger partial charge < -0.3 is 10.8 Å². The number of hydrogen-bond donors (Lipinski definition) is 2. The van der Waals surface area contributed by atoms with E-state index in [-0.39, 0.29) is 12.8 Å². The van der Waals surface area contributed by atoms with E-state index >= 15 is 0 Å². The van der Waals surface area contributed by atoms with Crippen LogP contribution in [-0.4, -0.2) is 11.1 Å². The second-order valence-corrected chi connectivity index (χ2v) is 4.04. The number of carboxylic acid groups (broad SMARTS) is 1. The molecule has 15 heavy (non-hydrogen) atoms. The van der Waals surface area contributed by atoms with Crippen LogP contribution >= 0.6 is 15.9 Å². The zero-order valence-electron chi connectivity index (χ0n) is 7.91. The molecule has 0 aliphatic heterocycles. The fourth-order valence-electron chi connectivity index (χ4n) is 1.24. The predicted molar refractivity (Wildman–Crippen MR) is 57.9 cm³/mol. The molecule has 0 saturated heterocycles. The number of carbonyl (C=O) groups is 1. The second kappa shape index (κ2) is 5.23. The van der Waals surface area contributed by atoms with Gasteiger partial charge in [-0.2, -0.15) is 0 Å². The Balaban J connectivity index is 2.77. The molecule has 0 radical (unpaired) electrons. The summed E-state index contributed by atoms with van der Waals surface area (Å²) in [5.41, 5.74) is 6.03. The highest BCUT2D eigenvalue weighted by Gasteiger charge is 2.14. The Bertz CT molecular complexity index is 370. The fourth-order valence-corrected chi connectivity index (χ4v) is 1.62. The van der Waals surface area contributed by atoms with Crippen LogP contribution in [0.25, 0.3) is 0 Å². The third kappa shape index (κ3) is 3.28. The minimum absolute atomic E-state index is 0.0624. The molecule has 5 heteroatoms. The first-order valence-electron chi connectivity index (χ1n) is 4.43. The van der Waals surface area contributed by atoms with E-state index < -0.39 is 17.8 Å². The topological polar surface area (TPSA) is 63.3 Å². The zero-order chi connectivity index (χ0) is 11.4. The van der Waals surface area contributed by atoms with Crippen LogP contribution in [0.15, 0.2) is 22.7 Å². The van der Waals surface area contributed by atoms with E-state index in [1.54, 1.807) is 18.2 Å². The van der Waals surface area contributed by atoms with E-state index in [4.69, 9.17) is 10.8 Å². The summed E-state index contributed by atoms with van der Waals surface area (Å²) in [4.78, 5) is 10.3. The molecule has 0 aliphatic rings. The molecule has 3 N–H and O–H groups in total. The van der Waals surface area contributed by atoms with Gasteiger partial charge in [-0.3, -0.25) is 4.79 Å². The van der Waals surface area contributed by atoms with Gasteiger partial charge in [0.05, 0.1) is 4.47 Å². The van der Waals surface area contributed by atoms with Crippen molar-refractivity contribution in [2.24, 2.45) is 5.73 Å². The van der Waals surface area contributed by atoms with Crippen molar-refractivity contribution in [2.75, 3.05) is 0 Å². The lowest BCUT2D eigenvalue weighted by molar-refractivity contribution is -0.137. The summed E-state index contributed by atoms with van der Waals surface area (Å²) in [5.74, 6) is -1.35. The van der Waals surface area contributed by atoms with Crippen LogP contribution in [0.4, 0.5) is 4.39 Å². The van der Waals surface area contributed by atoms with Crippen LogP contribution in [0.3, 0.4) is 0 Å². The minimum Gasteiger partial charge on any atom is -0.481 e. The zero-order valence-corrected chi connectivity index (χ0v) is 9.50. The molecule has 0 bridgehead atoms. The molecule has 0 aromatic heterocycles. The number of nitrogens with two attached hydrogens (primary N) is 1. The Hall–Kier alpha value is -0.940. The molecule has 1 aromatic carbocycles. The summed E-state index contributed by atoms with van der Waals surface area (Å²) in [6.45, 7) is 0. The fraction of sp³-hybridized carbons (Fsp3) is 0.300. The van der Waals surface area contributed by atoms with Gasteiger partial charge in [-0.05, 0) is 28.4 Å². The van der Waals surface area contributed by atoms with Crippen LogP contribution in [-0.2, 0) is 4.79 Å². The highest BCUT2D eigenvalue weighted by molar-refractivity contribution is 9.10. The first kappa shape index (κ1) is 12.1. The highest BCUT2D eigenvalue weighted by Crippen LogP contribution is 2.24. The molecule has 1 unspecified atom stereocenters. The molecule has 0 fully saturated rings. The van der Waals surface area contributed by atoms with Gasteiger partial charge >= 0.3 is 5.97 Å². The van der Waals surface area contributed by atoms with E-state index in [1.807, 2.05) is 0 Å². The van der Waals surface area contributed by atoms with Gasteiger partial charge in [-0.25, -0.2) is 4.39 Å². The lowest BCUT2D eigenvalue weighted by Gasteiger charge is -2.12. The average molecular weight is 276 g/mol. The van der Waals surface area contributed by atoms with Crippen molar-refractivity contribution in [3.8, 4) is 0 Å². The first-order chi connectivity index (χ1) is 7.02. The third-order valence-corrected chi connectivity index (χ3v) is 2.66. The number of carboxylic acids is 1. The molecule has 1 aromatic rings. The van der Waals surface area contributed by atoms with Gasteiger partial charge in [-0.1, -0.05) is 12.1 Å². The molecule has 0 heterocycles. The van der Waals surface area contributed by atoms with E-state index in [0.717, 1.165) is 0 Å². The van der Waals surface area contributed by atoms with Crippen LogP contribution in [0.1, 0.15) is 24.4 Å². The van der Waals surface area contributed by atoms with Crippen molar-refractivity contribution in [3.05, 3.63) is 34.1 Å². The molecular weight excluding hydrogens is 265 g/mol. The molecule has 1 rings (SSSR count). The monoisotopic (exact) mass is 275 g/mol. The number of halogens is 2. The minimum atomic E-state index is -0.930. The summed E-state index contributed by atoms with van der Waals surface area (Å²) < 4.78 is 13.8. The van der Waals surface area contributed by atoms with E-state index in [2.05, 4.69) is 15.9 Å². The van der Waals surface area contributed by atoms with Gasteiger partial charge in [0, 0.05) is 18.0 Å². The molecule has 0 spiro atoms. The molecular formula is C10H11BrFNO2. The second-order valence-electron chi connectivity index (χ2n) is 3.18. The van der Waals surface area contributed by atoms with Crippen molar-refractivity contribution in [1.29, 1.82) is 0 Å². The summed E-state index contributed by atoms with van der Waals surface area (Å²) in [6, 6.07) is 4.22. The van der Waals surface area contributed by atoms with Crippen LogP contribution < -0.4 is 5.73 Å². The van der Waals surface area contributed by atoms with E-state index in [9.17, 15) is 9.18 Å². The summed E-state index contributed by atoms with van der Waals surface area (Å²) in [7, 11) is 0. The maximum Gasteiger partial charge on any atom is 0.303 e. The summed E-state index contributed by atoms with van der Waals surface area (Å²) in [6.07, 6.45) is 0.163. The van der Waals surface area contributed by atoms with Gasteiger partial charge in [0.1, 0.15) is 5.82 Å².